The van der Waals surface area contributed by atoms with Crippen molar-refractivity contribution in [3.63, 3.8) is 0 Å². The summed E-state index contributed by atoms with van der Waals surface area (Å²) in [6.45, 7) is 3.94. The Hall–Kier alpha value is -3.01. The molecule has 1 aromatic carbocycles. The third-order valence-corrected chi connectivity index (χ3v) is 6.66. The van der Waals surface area contributed by atoms with Gasteiger partial charge in [-0.25, -0.2) is 4.39 Å². The van der Waals surface area contributed by atoms with Crippen molar-refractivity contribution in [3.8, 4) is 0 Å². The highest BCUT2D eigenvalue weighted by Crippen LogP contribution is 2.29. The Balaban J connectivity index is 1.32. The molecular weight excluding hydrogens is 435 g/mol. The van der Waals surface area contributed by atoms with Gasteiger partial charge >= 0.3 is 0 Å². The van der Waals surface area contributed by atoms with Crippen LogP contribution >= 0.6 is 0 Å². The second kappa shape index (κ2) is 11.4. The molecule has 1 saturated heterocycles. The lowest BCUT2D eigenvalue weighted by Gasteiger charge is -2.33. The lowest BCUT2D eigenvalue weighted by molar-refractivity contribution is -0.122. The Bertz CT molecular complexity index is 966. The van der Waals surface area contributed by atoms with Gasteiger partial charge in [0.1, 0.15) is 5.82 Å². The van der Waals surface area contributed by atoms with Crippen molar-refractivity contribution in [1.82, 2.24) is 25.2 Å². The van der Waals surface area contributed by atoms with Gasteiger partial charge in [-0.05, 0) is 38.3 Å². The molecule has 2 heterocycles. The summed E-state index contributed by atoms with van der Waals surface area (Å²) in [7, 11) is 3.93. The number of benzene rings is 1. The number of hydrogen-bond acceptors (Lipinski definition) is 8. The van der Waals surface area contributed by atoms with Gasteiger partial charge in [0.2, 0.25) is 23.8 Å². The highest BCUT2D eigenvalue weighted by Gasteiger charge is 2.25. The summed E-state index contributed by atoms with van der Waals surface area (Å²) in [4.78, 5) is 30.7. The number of piperazine rings is 1. The van der Waals surface area contributed by atoms with Crippen LogP contribution in [0.1, 0.15) is 37.7 Å². The second-order valence-electron chi connectivity index (χ2n) is 9.27. The van der Waals surface area contributed by atoms with Gasteiger partial charge in [-0.1, -0.05) is 24.6 Å². The molecule has 2 aliphatic rings. The Morgan fingerprint density at radius 2 is 1.85 bits per heavy atom. The van der Waals surface area contributed by atoms with Crippen LogP contribution in [0.4, 0.5) is 22.2 Å². The first-order chi connectivity index (χ1) is 16.5. The highest BCUT2D eigenvalue weighted by atomic mass is 19.1. The number of rotatable bonds is 8. The summed E-state index contributed by atoms with van der Waals surface area (Å²) in [6.07, 6.45) is 4.38. The van der Waals surface area contributed by atoms with Crippen molar-refractivity contribution in [2.24, 2.45) is 5.92 Å². The summed E-state index contributed by atoms with van der Waals surface area (Å²) < 4.78 is 13.8. The summed E-state index contributed by atoms with van der Waals surface area (Å²) in [5.41, 5.74) is 0.505. The van der Waals surface area contributed by atoms with Gasteiger partial charge in [-0.15, -0.1) is 0 Å². The number of nitrogens with one attached hydrogen (secondary N) is 3. The molecule has 3 N–H and O–H groups in total. The molecule has 2 aromatic rings. The first-order valence-electron chi connectivity index (χ1n) is 12.1. The minimum Gasteiger partial charge on any atom is -0.357 e. The normalized spacial score (nSPS) is 21.2. The molecule has 4 rings (SSSR count). The molecule has 1 aliphatic carbocycles. The molecule has 2 unspecified atom stereocenters. The number of anilines is 3. The minimum atomic E-state index is -0.293. The molecule has 0 bridgehead atoms. The fourth-order valence-corrected chi connectivity index (χ4v) is 4.65. The van der Waals surface area contributed by atoms with E-state index >= 15 is 0 Å². The Morgan fingerprint density at radius 1 is 1.09 bits per heavy atom. The predicted octanol–water partition coefficient (Wildman–Crippen LogP) is 2.48. The van der Waals surface area contributed by atoms with E-state index in [4.69, 9.17) is 4.98 Å². The van der Waals surface area contributed by atoms with Crippen LogP contribution in [-0.2, 0) is 11.3 Å². The molecule has 34 heavy (non-hydrogen) atoms. The van der Waals surface area contributed by atoms with Crippen LogP contribution in [0.25, 0.3) is 0 Å². The maximum absolute atomic E-state index is 13.8. The zero-order chi connectivity index (χ0) is 23.9. The first-order valence-corrected chi connectivity index (χ1v) is 12.1. The fourth-order valence-electron chi connectivity index (χ4n) is 4.65. The molecule has 2 fully saturated rings. The van der Waals surface area contributed by atoms with Gasteiger partial charge < -0.3 is 25.8 Å². The van der Waals surface area contributed by atoms with Crippen molar-refractivity contribution in [2.75, 3.05) is 55.8 Å². The lowest BCUT2D eigenvalue weighted by atomic mass is 9.83. The third-order valence-electron chi connectivity index (χ3n) is 6.66. The summed E-state index contributed by atoms with van der Waals surface area (Å²) >= 11 is 0. The van der Waals surface area contributed by atoms with Crippen LogP contribution < -0.4 is 20.9 Å². The van der Waals surface area contributed by atoms with E-state index in [9.17, 15) is 9.18 Å². The molecule has 0 radical (unpaired) electrons. The molecule has 1 saturated carbocycles. The van der Waals surface area contributed by atoms with E-state index in [1.54, 1.807) is 18.2 Å². The SMILES string of the molecule is CNc1nc(NC2CCCC(CC(=O)NCc3ccccc3F)C2)nc(N2CCN(C)CC2)n1. The number of hydrogen-bond donors (Lipinski definition) is 3. The molecule has 2 atom stereocenters. The summed E-state index contributed by atoms with van der Waals surface area (Å²) in [5.74, 6) is 1.75. The Morgan fingerprint density at radius 3 is 2.62 bits per heavy atom. The lowest BCUT2D eigenvalue weighted by Crippen LogP contribution is -2.45. The van der Waals surface area contributed by atoms with Crippen LogP contribution in [-0.4, -0.2) is 72.1 Å². The van der Waals surface area contributed by atoms with Gasteiger partial charge in [0, 0.05) is 57.8 Å². The number of likely N-dealkylation sites (N-methyl/N-ethyl adjacent to an activating group) is 1. The molecule has 1 amide bonds. The molecule has 1 aliphatic heterocycles. The Kier molecular flexibility index (Phi) is 8.10. The quantitative estimate of drug-likeness (QED) is 0.541. The van der Waals surface area contributed by atoms with E-state index in [1.165, 1.54) is 6.07 Å². The summed E-state index contributed by atoms with van der Waals surface area (Å²) in [6, 6.07) is 6.73. The highest BCUT2D eigenvalue weighted by molar-refractivity contribution is 5.76. The van der Waals surface area contributed by atoms with Gasteiger partial charge in [-0.3, -0.25) is 4.79 Å². The van der Waals surface area contributed by atoms with E-state index in [0.29, 0.717) is 29.8 Å². The maximum atomic E-state index is 13.8. The van der Waals surface area contributed by atoms with Crippen molar-refractivity contribution in [1.29, 1.82) is 0 Å². The number of aromatic nitrogens is 3. The standard InChI is InChI=1S/C24H35FN8O/c1-26-22-29-23(31-24(30-22)33-12-10-32(2)11-13-33)28-19-8-5-6-17(14-19)15-21(34)27-16-18-7-3-4-9-20(18)25/h3-4,7,9,17,19H,5-6,8,10-16H2,1-2H3,(H,27,34)(H2,26,28,29,30,31). The Labute approximate surface area is 200 Å². The smallest absolute Gasteiger partial charge is 0.232 e. The molecule has 184 valence electrons. The van der Waals surface area contributed by atoms with Gasteiger partial charge in [0.15, 0.2) is 0 Å². The molecule has 1 aromatic heterocycles. The minimum absolute atomic E-state index is 0.0381. The topological polar surface area (TPSA) is 98.3 Å². The van der Waals surface area contributed by atoms with E-state index < -0.39 is 0 Å². The van der Waals surface area contributed by atoms with Crippen molar-refractivity contribution in [3.05, 3.63) is 35.6 Å². The van der Waals surface area contributed by atoms with Crippen LogP contribution in [0.5, 0.6) is 0 Å². The molecule has 9 nitrogen and oxygen atoms in total. The fraction of sp³-hybridized carbons (Fsp3) is 0.583. The van der Waals surface area contributed by atoms with Gasteiger partial charge in [0.25, 0.3) is 0 Å². The molecular formula is C24H35FN8O. The zero-order valence-corrected chi connectivity index (χ0v) is 20.1. The largest absolute Gasteiger partial charge is 0.357 e. The number of amides is 1. The van der Waals surface area contributed by atoms with Crippen LogP contribution in [0.3, 0.4) is 0 Å². The molecule has 10 heteroatoms. The number of halogens is 1. The van der Waals surface area contributed by atoms with Gasteiger partial charge in [-0.2, -0.15) is 15.0 Å². The monoisotopic (exact) mass is 470 g/mol. The maximum Gasteiger partial charge on any atom is 0.232 e. The number of nitrogens with zero attached hydrogens (tertiary/aromatic N) is 5. The van der Waals surface area contributed by atoms with Crippen LogP contribution in [0.15, 0.2) is 24.3 Å². The second-order valence-corrected chi connectivity index (χ2v) is 9.27. The van der Waals surface area contributed by atoms with E-state index in [0.717, 1.165) is 51.9 Å². The van der Waals surface area contributed by atoms with Crippen LogP contribution in [0.2, 0.25) is 0 Å². The van der Waals surface area contributed by atoms with Crippen molar-refractivity contribution in [2.45, 2.75) is 44.7 Å². The predicted molar refractivity (Wildman–Crippen MR) is 131 cm³/mol. The number of carbonyl (C=O) groups is 1. The average molecular weight is 471 g/mol. The van der Waals surface area contributed by atoms with Crippen molar-refractivity contribution >= 4 is 23.8 Å². The van der Waals surface area contributed by atoms with E-state index in [-0.39, 0.29) is 30.2 Å². The first kappa shape index (κ1) is 24.1. The zero-order valence-electron chi connectivity index (χ0n) is 20.1. The third kappa shape index (κ3) is 6.53. The van der Waals surface area contributed by atoms with Gasteiger partial charge in [0.05, 0.1) is 0 Å². The summed E-state index contributed by atoms with van der Waals surface area (Å²) in [5, 5.41) is 9.40. The van der Waals surface area contributed by atoms with E-state index in [1.807, 2.05) is 7.05 Å². The number of carbonyl (C=O) groups excluding carboxylic acids is 1. The van der Waals surface area contributed by atoms with E-state index in [2.05, 4.69) is 42.8 Å². The molecule has 0 spiro atoms. The van der Waals surface area contributed by atoms with Crippen LogP contribution in [0, 0.1) is 11.7 Å². The van der Waals surface area contributed by atoms with Crippen molar-refractivity contribution < 1.29 is 9.18 Å². The average Bonchev–Trinajstić information content (AvgIpc) is 2.84.